The highest BCUT2D eigenvalue weighted by molar-refractivity contribution is 6.31. The summed E-state index contributed by atoms with van der Waals surface area (Å²) in [7, 11) is 1.78. The van der Waals surface area contributed by atoms with Gasteiger partial charge in [0.15, 0.2) is 0 Å². The van der Waals surface area contributed by atoms with Gasteiger partial charge in [0.05, 0.1) is 5.54 Å². The third kappa shape index (κ3) is 3.24. The summed E-state index contributed by atoms with van der Waals surface area (Å²) in [6, 6.07) is 14.1. The van der Waals surface area contributed by atoms with E-state index in [2.05, 4.69) is 29.7 Å². The van der Waals surface area contributed by atoms with Crippen molar-refractivity contribution in [2.24, 2.45) is 7.05 Å². The maximum Gasteiger partial charge on any atom is 0.258 e. The van der Waals surface area contributed by atoms with E-state index in [9.17, 15) is 4.79 Å². The number of pyridine rings is 1. The fourth-order valence-corrected chi connectivity index (χ4v) is 4.30. The summed E-state index contributed by atoms with van der Waals surface area (Å²) in [5.41, 5.74) is 3.04. The van der Waals surface area contributed by atoms with Gasteiger partial charge in [0.25, 0.3) is 5.56 Å². The van der Waals surface area contributed by atoms with Crippen LogP contribution in [0, 0.1) is 6.92 Å². The van der Waals surface area contributed by atoms with Gasteiger partial charge in [-0.2, -0.15) is 0 Å². The van der Waals surface area contributed by atoms with E-state index in [0.29, 0.717) is 0 Å². The van der Waals surface area contributed by atoms with Gasteiger partial charge in [-0.15, -0.1) is 0 Å². The molecular weight excluding hydrogens is 358 g/mol. The molecule has 1 unspecified atom stereocenters. The molecule has 2 N–H and O–H groups in total. The van der Waals surface area contributed by atoms with Crippen molar-refractivity contribution in [3.05, 3.63) is 75.2 Å². The van der Waals surface area contributed by atoms with Crippen molar-refractivity contribution >= 4 is 28.1 Å². The van der Waals surface area contributed by atoms with Crippen LogP contribution in [0.3, 0.4) is 0 Å². The van der Waals surface area contributed by atoms with Crippen LogP contribution in [0.4, 0.5) is 5.69 Å². The van der Waals surface area contributed by atoms with Gasteiger partial charge in [0.2, 0.25) is 0 Å². The van der Waals surface area contributed by atoms with Gasteiger partial charge in [-0.3, -0.25) is 4.79 Å². The van der Waals surface area contributed by atoms with Crippen LogP contribution in [0.1, 0.15) is 24.0 Å². The summed E-state index contributed by atoms with van der Waals surface area (Å²) in [5, 5.41) is 9.74. The fraction of sp³-hybridized carbons (Fsp3) is 0.318. The molecule has 140 valence electrons. The number of aryl methyl sites for hydroxylation is 1. The van der Waals surface area contributed by atoms with Gasteiger partial charge in [0.1, 0.15) is 0 Å². The average molecular weight is 382 g/mol. The van der Waals surface area contributed by atoms with Gasteiger partial charge in [-0.05, 0) is 67.1 Å². The Morgan fingerprint density at radius 3 is 2.85 bits per heavy atom. The van der Waals surface area contributed by atoms with E-state index in [1.165, 1.54) is 5.56 Å². The zero-order valence-corrected chi connectivity index (χ0v) is 16.4. The van der Waals surface area contributed by atoms with Crippen LogP contribution in [0.25, 0.3) is 10.8 Å². The lowest BCUT2D eigenvalue weighted by molar-refractivity contribution is 0.349. The number of fused-ring (bicyclic) bond motifs is 1. The number of halogens is 1. The Balaban J connectivity index is 1.81. The molecule has 0 saturated carbocycles. The van der Waals surface area contributed by atoms with E-state index < -0.39 is 0 Å². The second-order valence-electron chi connectivity index (χ2n) is 7.43. The van der Waals surface area contributed by atoms with E-state index in [0.717, 1.165) is 53.0 Å². The first kappa shape index (κ1) is 18.1. The molecule has 4 nitrogen and oxygen atoms in total. The number of hydrogen-bond acceptors (Lipinski definition) is 3. The minimum absolute atomic E-state index is 0.0194. The lowest BCUT2D eigenvalue weighted by atomic mass is 9.80. The first-order valence-electron chi connectivity index (χ1n) is 9.34. The quantitative estimate of drug-likeness (QED) is 0.715. The molecule has 27 heavy (non-hydrogen) atoms. The summed E-state index contributed by atoms with van der Waals surface area (Å²) in [6.45, 7) is 3.91. The standard InChI is InChI=1S/C22H24ClN3O/c1-15-19(5-3-6-20(15)23)22(10-4-11-24-14-22)25-17-8-7-16-9-12-26(2)21(27)18(16)13-17/h3,5-9,12-13,24-25H,4,10-11,14H2,1-2H3. The zero-order chi connectivity index (χ0) is 19.0. The van der Waals surface area contributed by atoms with E-state index in [1.807, 2.05) is 30.3 Å². The predicted octanol–water partition coefficient (Wildman–Crippen LogP) is 4.19. The lowest BCUT2D eigenvalue weighted by Crippen LogP contribution is -2.49. The van der Waals surface area contributed by atoms with Crippen LogP contribution < -0.4 is 16.2 Å². The Labute approximate surface area is 164 Å². The molecule has 1 saturated heterocycles. The van der Waals surface area contributed by atoms with Crippen molar-refractivity contribution in [2.45, 2.75) is 25.3 Å². The minimum Gasteiger partial charge on any atom is -0.374 e. The number of anilines is 1. The van der Waals surface area contributed by atoms with Gasteiger partial charge >= 0.3 is 0 Å². The number of rotatable bonds is 3. The third-order valence-electron chi connectivity index (χ3n) is 5.63. The molecule has 1 aliphatic heterocycles. The summed E-state index contributed by atoms with van der Waals surface area (Å²) in [6.07, 6.45) is 3.89. The number of piperidine rings is 1. The Bertz CT molecular complexity index is 1050. The summed E-state index contributed by atoms with van der Waals surface area (Å²) < 4.78 is 1.62. The molecule has 2 aromatic carbocycles. The number of nitrogens with zero attached hydrogens (tertiary/aromatic N) is 1. The first-order chi connectivity index (χ1) is 13.0. The van der Waals surface area contributed by atoms with Gasteiger partial charge in [-0.25, -0.2) is 0 Å². The van der Waals surface area contributed by atoms with Crippen molar-refractivity contribution in [3.8, 4) is 0 Å². The van der Waals surface area contributed by atoms with Crippen molar-refractivity contribution in [2.75, 3.05) is 18.4 Å². The topological polar surface area (TPSA) is 46.1 Å². The molecule has 0 bridgehead atoms. The lowest BCUT2D eigenvalue weighted by Gasteiger charge is -2.41. The summed E-state index contributed by atoms with van der Waals surface area (Å²) >= 11 is 6.42. The summed E-state index contributed by atoms with van der Waals surface area (Å²) in [4.78, 5) is 12.5. The second-order valence-corrected chi connectivity index (χ2v) is 7.84. The molecule has 0 aliphatic carbocycles. The van der Waals surface area contributed by atoms with Crippen LogP contribution in [0.2, 0.25) is 5.02 Å². The Hall–Kier alpha value is -2.30. The molecule has 5 heteroatoms. The van der Waals surface area contributed by atoms with Crippen LogP contribution >= 0.6 is 11.6 Å². The van der Waals surface area contributed by atoms with Crippen LogP contribution in [0.5, 0.6) is 0 Å². The van der Waals surface area contributed by atoms with E-state index in [1.54, 1.807) is 17.8 Å². The van der Waals surface area contributed by atoms with Crippen LogP contribution in [0.15, 0.2) is 53.5 Å². The molecule has 0 spiro atoms. The highest BCUT2D eigenvalue weighted by Crippen LogP contribution is 2.37. The van der Waals surface area contributed by atoms with Crippen molar-refractivity contribution in [1.29, 1.82) is 0 Å². The maximum atomic E-state index is 12.5. The van der Waals surface area contributed by atoms with E-state index in [-0.39, 0.29) is 11.1 Å². The molecule has 1 aromatic heterocycles. The van der Waals surface area contributed by atoms with E-state index >= 15 is 0 Å². The number of hydrogen-bond donors (Lipinski definition) is 2. The fourth-order valence-electron chi connectivity index (χ4n) is 4.13. The molecule has 0 radical (unpaired) electrons. The third-order valence-corrected chi connectivity index (χ3v) is 6.04. The SMILES string of the molecule is Cc1c(Cl)cccc1C1(Nc2ccc3ccn(C)c(=O)c3c2)CCCNC1. The predicted molar refractivity (Wildman–Crippen MR) is 113 cm³/mol. The Kier molecular flexibility index (Phi) is 4.70. The average Bonchev–Trinajstić information content (AvgIpc) is 2.68. The number of aromatic nitrogens is 1. The summed E-state index contributed by atoms with van der Waals surface area (Å²) in [5.74, 6) is 0. The zero-order valence-electron chi connectivity index (χ0n) is 15.7. The van der Waals surface area contributed by atoms with Gasteiger partial charge < -0.3 is 15.2 Å². The monoisotopic (exact) mass is 381 g/mol. The molecule has 1 aliphatic rings. The van der Waals surface area contributed by atoms with Gasteiger partial charge in [0, 0.05) is 35.9 Å². The highest BCUT2D eigenvalue weighted by atomic mass is 35.5. The molecule has 2 heterocycles. The van der Waals surface area contributed by atoms with Crippen molar-refractivity contribution in [1.82, 2.24) is 9.88 Å². The molecule has 3 aromatic rings. The van der Waals surface area contributed by atoms with Crippen molar-refractivity contribution in [3.63, 3.8) is 0 Å². The smallest absolute Gasteiger partial charge is 0.258 e. The molecule has 4 rings (SSSR count). The molecule has 1 fully saturated rings. The normalized spacial score (nSPS) is 20.0. The highest BCUT2D eigenvalue weighted by Gasteiger charge is 2.35. The minimum atomic E-state index is -0.249. The second kappa shape index (κ2) is 7.02. The van der Waals surface area contributed by atoms with Gasteiger partial charge in [-0.1, -0.05) is 29.8 Å². The number of nitrogens with one attached hydrogen (secondary N) is 2. The molecular formula is C22H24ClN3O. The van der Waals surface area contributed by atoms with Crippen LogP contribution in [-0.2, 0) is 12.6 Å². The van der Waals surface area contributed by atoms with Crippen molar-refractivity contribution < 1.29 is 0 Å². The largest absolute Gasteiger partial charge is 0.374 e. The first-order valence-corrected chi connectivity index (χ1v) is 9.72. The molecule has 0 amide bonds. The van der Waals surface area contributed by atoms with E-state index in [4.69, 9.17) is 11.6 Å². The van der Waals surface area contributed by atoms with Crippen LogP contribution in [-0.4, -0.2) is 17.7 Å². The molecule has 1 atom stereocenters. The Morgan fingerprint density at radius 1 is 1.22 bits per heavy atom. The number of benzene rings is 2. The maximum absolute atomic E-state index is 12.5. The Morgan fingerprint density at radius 2 is 2.07 bits per heavy atom.